The molecule has 2 N–H and O–H groups in total. The number of carbonyl (C=O) groups is 2. The molecule has 1 aliphatic heterocycles. The average Bonchev–Trinajstić information content (AvgIpc) is 2.58. The monoisotopic (exact) mass is 367 g/mol. The van der Waals surface area contributed by atoms with E-state index in [0.29, 0.717) is 6.54 Å². The zero-order valence-corrected chi connectivity index (χ0v) is 15.2. The summed E-state index contributed by atoms with van der Waals surface area (Å²) in [5.41, 5.74) is 0.889. The van der Waals surface area contributed by atoms with Crippen molar-refractivity contribution in [1.29, 1.82) is 0 Å². The molecule has 0 aliphatic carbocycles. The summed E-state index contributed by atoms with van der Waals surface area (Å²) in [5, 5.41) is 2.65. The number of nitrogens with one attached hydrogen (secondary N) is 2. The Morgan fingerprint density at radius 3 is 2.60 bits per heavy atom. The van der Waals surface area contributed by atoms with E-state index in [2.05, 4.69) is 10.0 Å². The highest BCUT2D eigenvalue weighted by Crippen LogP contribution is 2.16. The molecular weight excluding hydrogens is 342 g/mol. The SMILES string of the molecule is CS(=O)(=O)NC[C@H]1CCCCN1C(=O)CNC(=O)Cc1ccccc1. The minimum Gasteiger partial charge on any atom is -0.347 e. The molecule has 0 unspecified atom stereocenters. The number of amides is 2. The molecule has 1 aromatic rings. The van der Waals surface area contributed by atoms with Crippen molar-refractivity contribution in [2.45, 2.75) is 31.7 Å². The van der Waals surface area contributed by atoms with Crippen LogP contribution in [-0.4, -0.2) is 57.1 Å². The van der Waals surface area contributed by atoms with Gasteiger partial charge in [-0.2, -0.15) is 0 Å². The fourth-order valence-corrected chi connectivity index (χ4v) is 3.40. The highest BCUT2D eigenvalue weighted by molar-refractivity contribution is 7.88. The van der Waals surface area contributed by atoms with E-state index in [9.17, 15) is 18.0 Å². The third-order valence-electron chi connectivity index (χ3n) is 4.17. The summed E-state index contributed by atoms with van der Waals surface area (Å²) in [6.45, 7) is 0.729. The summed E-state index contributed by atoms with van der Waals surface area (Å²) in [5.74, 6) is -0.385. The van der Waals surface area contributed by atoms with Crippen LogP contribution >= 0.6 is 0 Å². The van der Waals surface area contributed by atoms with Crippen LogP contribution in [0.3, 0.4) is 0 Å². The number of rotatable bonds is 7. The fourth-order valence-electron chi connectivity index (χ4n) is 2.91. The molecule has 0 aromatic heterocycles. The largest absolute Gasteiger partial charge is 0.347 e. The molecule has 0 saturated carbocycles. The Labute approximate surface area is 148 Å². The molecule has 25 heavy (non-hydrogen) atoms. The molecule has 7 nitrogen and oxygen atoms in total. The second-order valence-corrected chi connectivity index (χ2v) is 8.13. The van der Waals surface area contributed by atoms with Crippen LogP contribution in [0.15, 0.2) is 30.3 Å². The number of sulfonamides is 1. The number of benzene rings is 1. The minimum absolute atomic E-state index is 0.0684. The van der Waals surface area contributed by atoms with E-state index < -0.39 is 10.0 Å². The quantitative estimate of drug-likeness (QED) is 0.723. The first kappa shape index (κ1) is 19.4. The Bertz CT molecular complexity index is 691. The predicted octanol–water partition coefficient (Wildman–Crippen LogP) is 0.276. The highest BCUT2D eigenvalue weighted by Gasteiger charge is 2.27. The van der Waals surface area contributed by atoms with Crippen LogP contribution in [0.1, 0.15) is 24.8 Å². The van der Waals surface area contributed by atoms with Crippen molar-refractivity contribution in [3.63, 3.8) is 0 Å². The first-order valence-electron chi connectivity index (χ1n) is 8.40. The minimum atomic E-state index is -3.29. The van der Waals surface area contributed by atoms with Gasteiger partial charge in [-0.25, -0.2) is 13.1 Å². The number of hydrogen-bond acceptors (Lipinski definition) is 4. The second kappa shape index (κ2) is 8.96. The molecule has 0 spiro atoms. The van der Waals surface area contributed by atoms with Gasteiger partial charge < -0.3 is 10.2 Å². The van der Waals surface area contributed by atoms with E-state index in [1.807, 2.05) is 30.3 Å². The van der Waals surface area contributed by atoms with E-state index in [0.717, 1.165) is 31.1 Å². The first-order chi connectivity index (χ1) is 11.8. The van der Waals surface area contributed by atoms with Crippen LogP contribution in [-0.2, 0) is 26.0 Å². The molecule has 1 aromatic carbocycles. The summed E-state index contributed by atoms with van der Waals surface area (Å²) in [4.78, 5) is 26.1. The van der Waals surface area contributed by atoms with Gasteiger partial charge in [-0.3, -0.25) is 9.59 Å². The standard InChI is InChI=1S/C17H25N3O4S/c1-25(23,24)19-12-15-9-5-6-10-20(15)17(22)13-18-16(21)11-14-7-3-2-4-8-14/h2-4,7-8,15,19H,5-6,9-13H2,1H3,(H,18,21)/t15-/m1/s1. The lowest BCUT2D eigenvalue weighted by Gasteiger charge is -2.35. The Morgan fingerprint density at radius 2 is 1.92 bits per heavy atom. The van der Waals surface area contributed by atoms with Crippen molar-refractivity contribution in [1.82, 2.24) is 14.9 Å². The average molecular weight is 367 g/mol. The van der Waals surface area contributed by atoms with E-state index in [-0.39, 0.29) is 37.4 Å². The van der Waals surface area contributed by atoms with Gasteiger partial charge in [0.1, 0.15) is 0 Å². The summed E-state index contributed by atoms with van der Waals surface area (Å²) in [6.07, 6.45) is 3.94. The third kappa shape index (κ3) is 6.83. The molecule has 1 aliphatic rings. The van der Waals surface area contributed by atoms with Crippen LogP contribution in [0.2, 0.25) is 0 Å². The molecule has 0 bridgehead atoms. The van der Waals surface area contributed by atoms with Crippen molar-refractivity contribution < 1.29 is 18.0 Å². The van der Waals surface area contributed by atoms with Crippen LogP contribution in [0.5, 0.6) is 0 Å². The lowest BCUT2D eigenvalue weighted by atomic mass is 10.0. The van der Waals surface area contributed by atoms with E-state index in [4.69, 9.17) is 0 Å². The molecule has 138 valence electrons. The van der Waals surface area contributed by atoms with Gasteiger partial charge in [-0.1, -0.05) is 30.3 Å². The Morgan fingerprint density at radius 1 is 1.20 bits per heavy atom. The molecule has 2 rings (SSSR count). The van der Waals surface area contributed by atoms with Gasteiger partial charge in [0.2, 0.25) is 21.8 Å². The van der Waals surface area contributed by atoms with E-state index in [1.54, 1.807) is 4.90 Å². The number of likely N-dealkylation sites (tertiary alicyclic amines) is 1. The maximum Gasteiger partial charge on any atom is 0.242 e. The molecule has 0 radical (unpaired) electrons. The zero-order chi connectivity index (χ0) is 18.3. The predicted molar refractivity (Wildman–Crippen MR) is 95.4 cm³/mol. The van der Waals surface area contributed by atoms with Gasteiger partial charge >= 0.3 is 0 Å². The van der Waals surface area contributed by atoms with Gasteiger partial charge in [0.15, 0.2) is 0 Å². The summed E-state index contributed by atoms with van der Waals surface area (Å²) >= 11 is 0. The number of nitrogens with zero attached hydrogens (tertiary/aromatic N) is 1. The number of carbonyl (C=O) groups excluding carboxylic acids is 2. The van der Waals surface area contributed by atoms with E-state index in [1.165, 1.54) is 0 Å². The highest BCUT2D eigenvalue weighted by atomic mass is 32.2. The van der Waals surface area contributed by atoms with Crippen molar-refractivity contribution in [3.05, 3.63) is 35.9 Å². The Balaban J connectivity index is 1.83. The topological polar surface area (TPSA) is 95.6 Å². The van der Waals surface area contributed by atoms with Crippen molar-refractivity contribution in [2.75, 3.05) is 25.9 Å². The number of hydrogen-bond donors (Lipinski definition) is 2. The van der Waals surface area contributed by atoms with Crippen LogP contribution in [0.25, 0.3) is 0 Å². The molecule has 1 heterocycles. The summed E-state index contributed by atoms with van der Waals surface area (Å²) in [7, 11) is -3.29. The molecule has 1 atom stereocenters. The van der Waals surface area contributed by atoms with Gasteiger partial charge in [0, 0.05) is 19.1 Å². The smallest absolute Gasteiger partial charge is 0.242 e. The maximum atomic E-state index is 12.4. The van der Waals surface area contributed by atoms with Crippen molar-refractivity contribution in [2.24, 2.45) is 0 Å². The molecule has 2 amide bonds. The third-order valence-corrected chi connectivity index (χ3v) is 4.86. The lowest BCUT2D eigenvalue weighted by molar-refractivity contribution is -0.135. The van der Waals surface area contributed by atoms with Crippen LogP contribution in [0, 0.1) is 0 Å². The zero-order valence-electron chi connectivity index (χ0n) is 14.4. The van der Waals surface area contributed by atoms with Gasteiger partial charge in [0.05, 0.1) is 19.2 Å². The number of piperidine rings is 1. The normalized spacial score (nSPS) is 18.0. The summed E-state index contributed by atoms with van der Waals surface area (Å²) in [6, 6.07) is 9.16. The first-order valence-corrected chi connectivity index (χ1v) is 10.3. The maximum absolute atomic E-state index is 12.4. The molecular formula is C17H25N3O4S. The second-order valence-electron chi connectivity index (χ2n) is 6.30. The van der Waals surface area contributed by atoms with Gasteiger partial charge in [-0.05, 0) is 24.8 Å². The van der Waals surface area contributed by atoms with Crippen molar-refractivity contribution in [3.8, 4) is 0 Å². The Kier molecular flexibility index (Phi) is 6.95. The lowest BCUT2D eigenvalue weighted by Crippen LogP contribution is -2.52. The van der Waals surface area contributed by atoms with Gasteiger partial charge in [0.25, 0.3) is 0 Å². The van der Waals surface area contributed by atoms with Crippen LogP contribution in [0.4, 0.5) is 0 Å². The molecule has 1 saturated heterocycles. The fraction of sp³-hybridized carbons (Fsp3) is 0.529. The molecule has 1 fully saturated rings. The van der Waals surface area contributed by atoms with Crippen molar-refractivity contribution >= 4 is 21.8 Å². The summed E-state index contributed by atoms with van der Waals surface area (Å²) < 4.78 is 25.0. The molecule has 8 heteroatoms. The van der Waals surface area contributed by atoms with Crippen LogP contribution < -0.4 is 10.0 Å². The van der Waals surface area contributed by atoms with E-state index >= 15 is 0 Å². The Hall–Kier alpha value is -1.93. The van der Waals surface area contributed by atoms with Gasteiger partial charge in [-0.15, -0.1) is 0 Å².